The molecular weight excluding hydrogens is 373 g/mol. The number of halogens is 1. The first-order chi connectivity index (χ1) is 14.1. The highest BCUT2D eigenvalue weighted by atomic mass is 19.1. The number of hydrogen-bond acceptors (Lipinski definition) is 4. The minimum absolute atomic E-state index is 0.288. The lowest BCUT2D eigenvalue weighted by Gasteiger charge is -2.10. The van der Waals surface area contributed by atoms with Crippen LogP contribution in [0.15, 0.2) is 66.9 Å². The summed E-state index contributed by atoms with van der Waals surface area (Å²) >= 11 is 0. The van der Waals surface area contributed by atoms with Gasteiger partial charge >= 0.3 is 6.03 Å². The molecule has 0 unspecified atom stereocenters. The van der Waals surface area contributed by atoms with Crippen molar-refractivity contribution in [2.24, 2.45) is 0 Å². The van der Waals surface area contributed by atoms with Crippen LogP contribution in [0.1, 0.15) is 11.1 Å². The van der Waals surface area contributed by atoms with Gasteiger partial charge in [-0.2, -0.15) is 0 Å². The van der Waals surface area contributed by atoms with Crippen molar-refractivity contribution in [1.29, 1.82) is 0 Å². The molecule has 0 saturated heterocycles. The van der Waals surface area contributed by atoms with Gasteiger partial charge in [0, 0.05) is 18.8 Å². The Balaban J connectivity index is 1.35. The van der Waals surface area contributed by atoms with Gasteiger partial charge in [-0.3, -0.25) is 0 Å². The van der Waals surface area contributed by atoms with E-state index in [0.29, 0.717) is 31.3 Å². The van der Waals surface area contributed by atoms with Crippen molar-refractivity contribution in [2.45, 2.75) is 13.5 Å². The Morgan fingerprint density at radius 1 is 0.966 bits per heavy atom. The number of carbonyl (C=O) groups excluding carboxylic acids is 1. The zero-order valence-corrected chi connectivity index (χ0v) is 16.0. The summed E-state index contributed by atoms with van der Waals surface area (Å²) in [6.07, 6.45) is 1.61. The molecular formula is C22H22FN3O3. The van der Waals surface area contributed by atoms with E-state index in [1.165, 1.54) is 29.8 Å². The summed E-state index contributed by atoms with van der Waals surface area (Å²) in [5.74, 6) is 1.33. The average Bonchev–Trinajstić information content (AvgIpc) is 2.74. The number of carbonyl (C=O) groups is 1. The molecule has 0 bridgehead atoms. The molecule has 1 aromatic heterocycles. The number of aryl methyl sites for hydroxylation is 1. The van der Waals surface area contributed by atoms with E-state index in [-0.39, 0.29) is 11.8 Å². The van der Waals surface area contributed by atoms with E-state index in [9.17, 15) is 9.18 Å². The Morgan fingerprint density at radius 2 is 1.69 bits per heavy atom. The number of hydrogen-bond donors (Lipinski definition) is 2. The van der Waals surface area contributed by atoms with Crippen molar-refractivity contribution in [3.05, 3.63) is 83.8 Å². The third-order valence-corrected chi connectivity index (χ3v) is 3.96. The lowest BCUT2D eigenvalue weighted by Crippen LogP contribution is -2.37. The molecule has 3 rings (SSSR count). The molecule has 29 heavy (non-hydrogen) atoms. The Kier molecular flexibility index (Phi) is 7.00. The third kappa shape index (κ3) is 6.80. The highest BCUT2D eigenvalue weighted by Crippen LogP contribution is 2.19. The summed E-state index contributed by atoms with van der Waals surface area (Å²) in [5, 5.41) is 5.48. The fraction of sp³-hybridized carbons (Fsp3) is 0.182. The van der Waals surface area contributed by atoms with Gasteiger partial charge in [0.05, 0.1) is 6.54 Å². The van der Waals surface area contributed by atoms with Gasteiger partial charge in [0.2, 0.25) is 5.88 Å². The quantitative estimate of drug-likeness (QED) is 0.561. The highest BCUT2D eigenvalue weighted by Gasteiger charge is 2.03. The standard InChI is InChI=1S/C22H22FN3O3/c1-16-2-7-19(8-3-16)28-13-12-24-22(27)26-15-17-4-11-21(25-14-17)29-20-9-5-18(23)6-10-20/h2-11,14H,12-13,15H2,1H3,(H2,24,26,27). The van der Waals surface area contributed by atoms with E-state index in [1.807, 2.05) is 31.2 Å². The van der Waals surface area contributed by atoms with Crippen molar-refractivity contribution in [2.75, 3.05) is 13.2 Å². The molecule has 0 aliphatic rings. The first-order valence-electron chi connectivity index (χ1n) is 9.18. The van der Waals surface area contributed by atoms with Crippen LogP contribution in [-0.2, 0) is 6.54 Å². The van der Waals surface area contributed by atoms with Crippen LogP contribution in [0.25, 0.3) is 0 Å². The highest BCUT2D eigenvalue weighted by molar-refractivity contribution is 5.73. The molecule has 6 nitrogen and oxygen atoms in total. The normalized spacial score (nSPS) is 10.3. The smallest absolute Gasteiger partial charge is 0.315 e. The van der Waals surface area contributed by atoms with Crippen LogP contribution in [-0.4, -0.2) is 24.2 Å². The monoisotopic (exact) mass is 395 g/mol. The van der Waals surface area contributed by atoms with Crippen molar-refractivity contribution in [3.8, 4) is 17.4 Å². The first kappa shape index (κ1) is 20.1. The van der Waals surface area contributed by atoms with E-state index in [2.05, 4.69) is 15.6 Å². The lowest BCUT2D eigenvalue weighted by atomic mass is 10.2. The molecule has 2 amide bonds. The van der Waals surface area contributed by atoms with Crippen LogP contribution < -0.4 is 20.1 Å². The Hall–Kier alpha value is -3.61. The van der Waals surface area contributed by atoms with Crippen molar-refractivity contribution in [1.82, 2.24) is 15.6 Å². The largest absolute Gasteiger partial charge is 0.492 e. The van der Waals surface area contributed by atoms with Crippen LogP contribution in [0.3, 0.4) is 0 Å². The molecule has 7 heteroatoms. The summed E-state index contributed by atoms with van der Waals surface area (Å²) in [6.45, 7) is 3.11. The van der Waals surface area contributed by atoms with Gasteiger partial charge in [0.25, 0.3) is 0 Å². The van der Waals surface area contributed by atoms with Gasteiger partial charge in [-0.15, -0.1) is 0 Å². The fourth-order valence-corrected chi connectivity index (χ4v) is 2.41. The minimum Gasteiger partial charge on any atom is -0.492 e. The summed E-state index contributed by atoms with van der Waals surface area (Å²) in [7, 11) is 0. The zero-order chi connectivity index (χ0) is 20.5. The van der Waals surface area contributed by atoms with E-state index in [1.54, 1.807) is 18.3 Å². The van der Waals surface area contributed by atoms with E-state index in [4.69, 9.17) is 9.47 Å². The molecule has 0 fully saturated rings. The average molecular weight is 395 g/mol. The predicted octanol–water partition coefficient (Wildman–Crippen LogP) is 4.20. The Labute approximate surface area is 168 Å². The fourth-order valence-electron chi connectivity index (χ4n) is 2.41. The van der Waals surface area contributed by atoms with Gasteiger partial charge in [-0.1, -0.05) is 23.8 Å². The van der Waals surface area contributed by atoms with Crippen LogP contribution >= 0.6 is 0 Å². The second-order valence-electron chi connectivity index (χ2n) is 6.33. The van der Waals surface area contributed by atoms with Crippen LogP contribution in [0.5, 0.6) is 17.4 Å². The van der Waals surface area contributed by atoms with Crippen LogP contribution in [0, 0.1) is 12.7 Å². The summed E-state index contributed by atoms with van der Waals surface area (Å²) in [6, 6.07) is 16.6. The summed E-state index contributed by atoms with van der Waals surface area (Å²) < 4.78 is 24.0. The van der Waals surface area contributed by atoms with Crippen LogP contribution in [0.4, 0.5) is 9.18 Å². The molecule has 1 heterocycles. The second-order valence-corrected chi connectivity index (χ2v) is 6.33. The molecule has 0 atom stereocenters. The topological polar surface area (TPSA) is 72.5 Å². The SMILES string of the molecule is Cc1ccc(OCCNC(=O)NCc2ccc(Oc3ccc(F)cc3)nc2)cc1. The van der Waals surface area contributed by atoms with Crippen LogP contribution in [0.2, 0.25) is 0 Å². The van der Waals surface area contributed by atoms with Gasteiger partial charge < -0.3 is 20.1 Å². The van der Waals surface area contributed by atoms with Gasteiger partial charge in [-0.05, 0) is 48.9 Å². The number of nitrogens with zero attached hydrogens (tertiary/aromatic N) is 1. The van der Waals surface area contributed by atoms with Crippen molar-refractivity contribution >= 4 is 6.03 Å². The van der Waals surface area contributed by atoms with E-state index in [0.717, 1.165) is 11.3 Å². The molecule has 0 aliphatic heterocycles. The molecule has 3 aromatic rings. The molecule has 0 radical (unpaired) electrons. The number of amides is 2. The number of benzene rings is 2. The molecule has 2 aromatic carbocycles. The molecule has 0 aliphatic carbocycles. The number of aromatic nitrogens is 1. The van der Waals surface area contributed by atoms with E-state index >= 15 is 0 Å². The number of ether oxygens (including phenoxy) is 2. The number of pyridine rings is 1. The Morgan fingerprint density at radius 3 is 2.38 bits per heavy atom. The maximum atomic E-state index is 12.9. The lowest BCUT2D eigenvalue weighted by molar-refractivity contribution is 0.236. The minimum atomic E-state index is -0.327. The number of urea groups is 1. The number of nitrogens with one attached hydrogen (secondary N) is 2. The maximum absolute atomic E-state index is 12.9. The van der Waals surface area contributed by atoms with Crippen molar-refractivity contribution in [3.63, 3.8) is 0 Å². The molecule has 0 spiro atoms. The first-order valence-corrected chi connectivity index (χ1v) is 9.18. The molecule has 150 valence electrons. The van der Waals surface area contributed by atoms with Gasteiger partial charge in [0.1, 0.15) is 23.9 Å². The van der Waals surface area contributed by atoms with E-state index < -0.39 is 0 Å². The van der Waals surface area contributed by atoms with Gasteiger partial charge in [-0.25, -0.2) is 14.2 Å². The second kappa shape index (κ2) is 10.1. The summed E-state index contributed by atoms with van der Waals surface area (Å²) in [4.78, 5) is 16.0. The maximum Gasteiger partial charge on any atom is 0.315 e. The zero-order valence-electron chi connectivity index (χ0n) is 16.0. The summed E-state index contributed by atoms with van der Waals surface area (Å²) in [5.41, 5.74) is 1.99. The number of rotatable bonds is 8. The predicted molar refractivity (Wildman–Crippen MR) is 108 cm³/mol. The van der Waals surface area contributed by atoms with Gasteiger partial charge in [0.15, 0.2) is 0 Å². The Bertz CT molecular complexity index is 914. The van der Waals surface area contributed by atoms with Crippen molar-refractivity contribution < 1.29 is 18.7 Å². The third-order valence-electron chi connectivity index (χ3n) is 3.96. The molecule has 2 N–H and O–H groups in total. The molecule has 0 saturated carbocycles.